The first-order valence-electron chi connectivity index (χ1n) is 7.61. The van der Waals surface area contributed by atoms with Gasteiger partial charge in [-0.15, -0.1) is 0 Å². The van der Waals surface area contributed by atoms with E-state index in [0.29, 0.717) is 6.42 Å². The first kappa shape index (κ1) is 13.6. The summed E-state index contributed by atoms with van der Waals surface area (Å²) in [6, 6.07) is 12.9. The average Bonchev–Trinajstić information content (AvgIpc) is 2.86. The molecule has 2 heterocycles. The van der Waals surface area contributed by atoms with Gasteiger partial charge < -0.3 is 4.74 Å². The number of hydrogen-bond acceptors (Lipinski definition) is 3. The first-order valence-corrected chi connectivity index (χ1v) is 7.61. The summed E-state index contributed by atoms with van der Waals surface area (Å²) < 4.78 is 6.18. The van der Waals surface area contributed by atoms with E-state index in [1.807, 2.05) is 0 Å². The molecule has 0 amide bonds. The van der Waals surface area contributed by atoms with Crippen LogP contribution in [-0.2, 0) is 11.3 Å². The van der Waals surface area contributed by atoms with E-state index in [9.17, 15) is 0 Å². The molecule has 0 bridgehead atoms. The lowest BCUT2D eigenvalue weighted by molar-refractivity contribution is -0.0763. The number of nitriles is 1. The molecule has 2 fully saturated rings. The Morgan fingerprint density at radius 3 is 2.65 bits per heavy atom. The summed E-state index contributed by atoms with van der Waals surface area (Å²) in [5.41, 5.74) is 1.47. The zero-order chi connectivity index (χ0) is 13.8. The molecule has 2 saturated heterocycles. The van der Waals surface area contributed by atoms with Crippen molar-refractivity contribution in [3.63, 3.8) is 0 Å². The normalized spacial score (nSPS) is 25.6. The number of nitrogens with zero attached hydrogens (tertiary/aromatic N) is 2. The summed E-state index contributed by atoms with van der Waals surface area (Å²) >= 11 is 0. The van der Waals surface area contributed by atoms with E-state index < -0.39 is 0 Å². The van der Waals surface area contributed by atoms with Crippen molar-refractivity contribution in [2.24, 2.45) is 0 Å². The van der Waals surface area contributed by atoms with E-state index in [2.05, 4.69) is 41.3 Å². The largest absolute Gasteiger partial charge is 0.371 e. The molecule has 3 nitrogen and oxygen atoms in total. The molecule has 20 heavy (non-hydrogen) atoms. The predicted molar refractivity (Wildman–Crippen MR) is 78.0 cm³/mol. The summed E-state index contributed by atoms with van der Waals surface area (Å²) in [4.78, 5) is 2.52. The predicted octanol–water partition coefficient (Wildman–Crippen LogP) is 3.11. The SMILES string of the molecule is N#CC[C@H]1CCC2(CCN(Cc3ccccc3)CC2)O1. The monoisotopic (exact) mass is 270 g/mol. The lowest BCUT2D eigenvalue weighted by Crippen LogP contribution is -2.44. The van der Waals surface area contributed by atoms with E-state index in [1.165, 1.54) is 5.56 Å². The summed E-state index contributed by atoms with van der Waals surface area (Å²) in [5.74, 6) is 0. The number of benzene rings is 1. The van der Waals surface area contributed by atoms with Gasteiger partial charge in [0.05, 0.1) is 24.2 Å². The van der Waals surface area contributed by atoms with Crippen molar-refractivity contribution in [2.45, 2.75) is 50.4 Å². The second-order valence-corrected chi connectivity index (χ2v) is 6.09. The van der Waals surface area contributed by atoms with Crippen molar-refractivity contribution in [1.29, 1.82) is 5.26 Å². The quantitative estimate of drug-likeness (QED) is 0.846. The highest BCUT2D eigenvalue weighted by Gasteiger charge is 2.42. The van der Waals surface area contributed by atoms with Gasteiger partial charge >= 0.3 is 0 Å². The maximum atomic E-state index is 8.78. The molecule has 1 atom stereocenters. The van der Waals surface area contributed by atoms with Gasteiger partial charge in [0, 0.05) is 19.6 Å². The Balaban J connectivity index is 1.51. The van der Waals surface area contributed by atoms with Gasteiger partial charge in [-0.2, -0.15) is 5.26 Å². The van der Waals surface area contributed by atoms with Gasteiger partial charge in [-0.05, 0) is 31.2 Å². The highest BCUT2D eigenvalue weighted by atomic mass is 16.5. The Kier molecular flexibility index (Phi) is 4.05. The molecular formula is C17H22N2O. The van der Waals surface area contributed by atoms with Crippen LogP contribution in [-0.4, -0.2) is 29.7 Å². The van der Waals surface area contributed by atoms with Crippen LogP contribution in [0.25, 0.3) is 0 Å². The van der Waals surface area contributed by atoms with Gasteiger partial charge in [0.1, 0.15) is 0 Å². The van der Waals surface area contributed by atoms with E-state index in [-0.39, 0.29) is 11.7 Å². The second-order valence-electron chi connectivity index (χ2n) is 6.09. The van der Waals surface area contributed by atoms with Crippen molar-refractivity contribution in [2.75, 3.05) is 13.1 Å². The van der Waals surface area contributed by atoms with Crippen molar-refractivity contribution in [1.82, 2.24) is 4.90 Å². The van der Waals surface area contributed by atoms with Crippen molar-refractivity contribution < 1.29 is 4.74 Å². The van der Waals surface area contributed by atoms with Crippen LogP contribution in [0.3, 0.4) is 0 Å². The van der Waals surface area contributed by atoms with Crippen LogP contribution < -0.4 is 0 Å². The van der Waals surface area contributed by atoms with Crippen LogP contribution in [0.4, 0.5) is 0 Å². The van der Waals surface area contributed by atoms with Crippen molar-refractivity contribution in [3.05, 3.63) is 35.9 Å². The summed E-state index contributed by atoms with van der Waals surface area (Å²) in [5, 5.41) is 8.78. The minimum Gasteiger partial charge on any atom is -0.371 e. The van der Waals surface area contributed by atoms with Crippen LogP contribution in [0.5, 0.6) is 0 Å². The molecule has 2 aliphatic heterocycles. The highest BCUT2D eigenvalue weighted by molar-refractivity contribution is 5.14. The summed E-state index contributed by atoms with van der Waals surface area (Å²) in [6.45, 7) is 3.25. The molecule has 3 rings (SSSR count). The Hall–Kier alpha value is -1.37. The van der Waals surface area contributed by atoms with Crippen LogP contribution in [0.2, 0.25) is 0 Å². The molecule has 3 heteroatoms. The topological polar surface area (TPSA) is 36.3 Å². The third-order valence-electron chi connectivity index (χ3n) is 4.67. The molecule has 0 aromatic heterocycles. The van der Waals surface area contributed by atoms with Crippen LogP contribution in [0.15, 0.2) is 30.3 Å². The van der Waals surface area contributed by atoms with Gasteiger partial charge in [0.2, 0.25) is 0 Å². The molecule has 106 valence electrons. The molecule has 2 aliphatic rings. The third kappa shape index (κ3) is 3.03. The lowest BCUT2D eigenvalue weighted by Gasteiger charge is -2.39. The van der Waals surface area contributed by atoms with Gasteiger partial charge in [0.15, 0.2) is 0 Å². The van der Waals surface area contributed by atoms with Crippen molar-refractivity contribution >= 4 is 0 Å². The molecule has 0 unspecified atom stereocenters. The molecule has 1 aromatic carbocycles. The number of likely N-dealkylation sites (tertiary alicyclic amines) is 1. The fourth-order valence-corrected chi connectivity index (χ4v) is 3.47. The zero-order valence-electron chi connectivity index (χ0n) is 11.9. The molecular weight excluding hydrogens is 248 g/mol. The van der Waals surface area contributed by atoms with Gasteiger partial charge in [0.25, 0.3) is 0 Å². The molecule has 0 saturated carbocycles. The Labute approximate surface area is 121 Å². The smallest absolute Gasteiger partial charge is 0.0713 e. The van der Waals surface area contributed by atoms with E-state index in [0.717, 1.165) is 45.3 Å². The fraction of sp³-hybridized carbons (Fsp3) is 0.588. The first-order chi connectivity index (χ1) is 9.80. The van der Waals surface area contributed by atoms with E-state index >= 15 is 0 Å². The van der Waals surface area contributed by atoms with Gasteiger partial charge in [-0.25, -0.2) is 0 Å². The van der Waals surface area contributed by atoms with Crippen molar-refractivity contribution in [3.8, 4) is 6.07 Å². The maximum absolute atomic E-state index is 8.78. The maximum Gasteiger partial charge on any atom is 0.0713 e. The summed E-state index contributed by atoms with van der Waals surface area (Å²) in [6.07, 6.45) is 5.16. The summed E-state index contributed by atoms with van der Waals surface area (Å²) in [7, 11) is 0. The Morgan fingerprint density at radius 1 is 1.20 bits per heavy atom. The number of piperidine rings is 1. The second kappa shape index (κ2) is 5.95. The molecule has 1 aromatic rings. The average molecular weight is 270 g/mol. The van der Waals surface area contributed by atoms with E-state index in [1.54, 1.807) is 0 Å². The standard InChI is InChI=1S/C17H22N2O/c18-11-7-16-6-8-17(20-16)9-12-19(13-10-17)14-15-4-2-1-3-5-15/h1-5,16H,6-10,12-14H2/t16-/m1/s1. The van der Waals surface area contributed by atoms with Crippen LogP contribution >= 0.6 is 0 Å². The van der Waals surface area contributed by atoms with E-state index in [4.69, 9.17) is 10.00 Å². The molecule has 1 spiro atoms. The van der Waals surface area contributed by atoms with Crippen LogP contribution in [0, 0.1) is 11.3 Å². The minimum atomic E-state index is 0.0781. The number of ether oxygens (including phenoxy) is 1. The third-order valence-corrected chi connectivity index (χ3v) is 4.67. The number of hydrogen-bond donors (Lipinski definition) is 0. The Bertz CT molecular complexity index is 472. The zero-order valence-corrected chi connectivity index (χ0v) is 11.9. The number of rotatable bonds is 3. The van der Waals surface area contributed by atoms with Gasteiger partial charge in [-0.3, -0.25) is 4.90 Å². The Morgan fingerprint density at radius 2 is 1.95 bits per heavy atom. The lowest BCUT2D eigenvalue weighted by atomic mass is 9.88. The van der Waals surface area contributed by atoms with Crippen LogP contribution in [0.1, 0.15) is 37.7 Å². The molecule has 0 N–H and O–H groups in total. The van der Waals surface area contributed by atoms with Gasteiger partial charge in [-0.1, -0.05) is 30.3 Å². The molecule has 0 aliphatic carbocycles. The highest BCUT2D eigenvalue weighted by Crippen LogP contribution is 2.39. The minimum absolute atomic E-state index is 0.0781. The molecule has 0 radical (unpaired) electrons. The fourth-order valence-electron chi connectivity index (χ4n) is 3.47.